The van der Waals surface area contributed by atoms with Gasteiger partial charge in [-0.2, -0.15) is 0 Å². The van der Waals surface area contributed by atoms with Gasteiger partial charge < -0.3 is 9.90 Å². The van der Waals surface area contributed by atoms with E-state index in [1.165, 1.54) is 57.8 Å². The molecule has 0 spiro atoms. The number of aliphatic hydroxyl groups is 1. The van der Waals surface area contributed by atoms with E-state index in [0.29, 0.717) is 17.3 Å². The standard InChI is InChI=1S/C26H44O2/c1-4-25(28)19-8-7-18-9-10-21-20(22(18)16-19)13-14-26(3)23(11-12-24(21)26)17(2)6-5-15-27/h15,17-25,28H,4-14,16H2,1-3H3/t17-,18-,19?,20+,21-,22+,23-,24+,25?,26-/m1/s1. The molecular formula is C26H44O2. The molecule has 4 rings (SSSR count). The second-order valence-electron chi connectivity index (χ2n) is 11.4. The van der Waals surface area contributed by atoms with Gasteiger partial charge in [-0.3, -0.25) is 0 Å². The highest BCUT2D eigenvalue weighted by atomic mass is 16.3. The molecule has 0 aliphatic heterocycles. The molecule has 0 saturated heterocycles. The first-order valence-electron chi connectivity index (χ1n) is 12.6. The Morgan fingerprint density at radius 3 is 2.57 bits per heavy atom. The number of hydrogen-bond donors (Lipinski definition) is 1. The molecule has 2 unspecified atom stereocenters. The summed E-state index contributed by atoms with van der Waals surface area (Å²) in [6.07, 6.45) is 16.4. The van der Waals surface area contributed by atoms with Gasteiger partial charge in [0.15, 0.2) is 0 Å². The molecule has 1 N–H and O–H groups in total. The number of fused-ring (bicyclic) bond motifs is 5. The molecule has 28 heavy (non-hydrogen) atoms. The van der Waals surface area contributed by atoms with Crippen LogP contribution in [0.2, 0.25) is 0 Å². The van der Waals surface area contributed by atoms with Gasteiger partial charge in [0.1, 0.15) is 6.29 Å². The average molecular weight is 389 g/mol. The molecule has 0 heterocycles. The number of carbonyl (C=O) groups is 1. The SMILES string of the molecule is CCC(O)C1CC[C@@H]2CC[C@@H]3[C@H](CC[C@]4(C)[C@@H]([C@H](C)CCC=O)CC[C@@H]34)[C@H]2C1. The summed E-state index contributed by atoms with van der Waals surface area (Å²) in [6, 6.07) is 0. The summed E-state index contributed by atoms with van der Waals surface area (Å²) in [5.74, 6) is 6.76. The first kappa shape index (κ1) is 20.9. The molecule has 2 nitrogen and oxygen atoms in total. The van der Waals surface area contributed by atoms with Crippen molar-refractivity contribution < 1.29 is 9.90 Å². The number of aldehydes is 1. The van der Waals surface area contributed by atoms with Gasteiger partial charge in [-0.1, -0.05) is 20.8 Å². The van der Waals surface area contributed by atoms with Crippen molar-refractivity contribution in [1.29, 1.82) is 0 Å². The number of carbonyl (C=O) groups excluding carboxylic acids is 1. The van der Waals surface area contributed by atoms with E-state index in [1.54, 1.807) is 0 Å². The van der Waals surface area contributed by atoms with Crippen LogP contribution in [0, 0.1) is 52.8 Å². The third-order valence-electron chi connectivity index (χ3n) is 10.5. The van der Waals surface area contributed by atoms with Crippen LogP contribution in [0.5, 0.6) is 0 Å². The second kappa shape index (κ2) is 8.40. The fourth-order valence-electron chi connectivity index (χ4n) is 9.05. The van der Waals surface area contributed by atoms with Crippen LogP contribution in [0.1, 0.15) is 97.8 Å². The summed E-state index contributed by atoms with van der Waals surface area (Å²) < 4.78 is 0. The van der Waals surface area contributed by atoms with Gasteiger partial charge in [0.2, 0.25) is 0 Å². The Morgan fingerprint density at radius 2 is 1.82 bits per heavy atom. The van der Waals surface area contributed by atoms with Crippen molar-refractivity contribution in [2.45, 2.75) is 104 Å². The molecular weight excluding hydrogens is 344 g/mol. The molecule has 0 radical (unpaired) electrons. The molecule has 4 fully saturated rings. The Kier molecular flexibility index (Phi) is 6.27. The van der Waals surface area contributed by atoms with Crippen LogP contribution in [-0.2, 0) is 4.79 Å². The van der Waals surface area contributed by atoms with Gasteiger partial charge in [-0.15, -0.1) is 0 Å². The Bertz CT molecular complexity index is 545. The monoisotopic (exact) mass is 388 g/mol. The summed E-state index contributed by atoms with van der Waals surface area (Å²) in [5, 5.41) is 10.5. The first-order valence-corrected chi connectivity index (χ1v) is 12.6. The summed E-state index contributed by atoms with van der Waals surface area (Å²) in [7, 11) is 0. The highest BCUT2D eigenvalue weighted by Gasteiger charge is 2.57. The highest BCUT2D eigenvalue weighted by molar-refractivity contribution is 5.49. The van der Waals surface area contributed by atoms with Gasteiger partial charge in [-0.05, 0) is 123 Å². The minimum absolute atomic E-state index is 0.0651. The van der Waals surface area contributed by atoms with Gasteiger partial charge in [0.05, 0.1) is 6.10 Å². The molecule has 0 amide bonds. The van der Waals surface area contributed by atoms with E-state index in [1.807, 2.05) is 0 Å². The third kappa shape index (κ3) is 3.50. The number of aliphatic hydroxyl groups excluding tert-OH is 1. The van der Waals surface area contributed by atoms with Crippen LogP contribution < -0.4 is 0 Å². The van der Waals surface area contributed by atoms with Crippen molar-refractivity contribution in [3.8, 4) is 0 Å². The van der Waals surface area contributed by atoms with E-state index >= 15 is 0 Å². The van der Waals surface area contributed by atoms with Crippen molar-refractivity contribution in [3.63, 3.8) is 0 Å². The molecule has 160 valence electrons. The summed E-state index contributed by atoms with van der Waals surface area (Å²) in [5.41, 5.74) is 0.521. The minimum Gasteiger partial charge on any atom is -0.393 e. The van der Waals surface area contributed by atoms with Crippen LogP contribution in [0.15, 0.2) is 0 Å². The molecule has 10 atom stereocenters. The topological polar surface area (TPSA) is 37.3 Å². The maximum atomic E-state index is 10.9. The smallest absolute Gasteiger partial charge is 0.120 e. The van der Waals surface area contributed by atoms with Crippen molar-refractivity contribution in [1.82, 2.24) is 0 Å². The van der Waals surface area contributed by atoms with Gasteiger partial charge >= 0.3 is 0 Å². The molecule has 0 bridgehead atoms. The van der Waals surface area contributed by atoms with Crippen LogP contribution in [0.3, 0.4) is 0 Å². The second-order valence-corrected chi connectivity index (χ2v) is 11.4. The molecule has 0 aromatic carbocycles. The quantitative estimate of drug-likeness (QED) is 0.545. The molecule has 4 aliphatic carbocycles. The molecule has 2 heteroatoms. The fourth-order valence-corrected chi connectivity index (χ4v) is 9.05. The maximum absolute atomic E-state index is 10.9. The van der Waals surface area contributed by atoms with Gasteiger partial charge in [0, 0.05) is 6.42 Å². The van der Waals surface area contributed by atoms with E-state index in [0.717, 1.165) is 61.1 Å². The number of hydrogen-bond acceptors (Lipinski definition) is 2. The van der Waals surface area contributed by atoms with Crippen LogP contribution in [0.4, 0.5) is 0 Å². The Labute approximate surface area is 173 Å². The largest absolute Gasteiger partial charge is 0.393 e. The third-order valence-corrected chi connectivity index (χ3v) is 10.5. The lowest BCUT2D eigenvalue weighted by molar-refractivity contribution is -0.108. The zero-order valence-electron chi connectivity index (χ0n) is 18.6. The molecule has 4 aliphatic rings. The fraction of sp³-hybridized carbons (Fsp3) is 0.962. The van der Waals surface area contributed by atoms with Crippen molar-refractivity contribution >= 4 is 6.29 Å². The first-order chi connectivity index (χ1) is 13.5. The Morgan fingerprint density at radius 1 is 1.04 bits per heavy atom. The molecule has 4 saturated carbocycles. The normalized spacial score (nSPS) is 47.5. The van der Waals surface area contributed by atoms with Crippen LogP contribution in [-0.4, -0.2) is 17.5 Å². The lowest BCUT2D eigenvalue weighted by atomic mass is 9.48. The van der Waals surface area contributed by atoms with Crippen molar-refractivity contribution in [2.24, 2.45) is 52.8 Å². The van der Waals surface area contributed by atoms with Crippen LogP contribution >= 0.6 is 0 Å². The van der Waals surface area contributed by atoms with E-state index in [9.17, 15) is 9.90 Å². The summed E-state index contributed by atoms with van der Waals surface area (Å²) >= 11 is 0. The maximum Gasteiger partial charge on any atom is 0.120 e. The van der Waals surface area contributed by atoms with E-state index in [2.05, 4.69) is 20.8 Å². The van der Waals surface area contributed by atoms with Crippen LogP contribution in [0.25, 0.3) is 0 Å². The van der Waals surface area contributed by atoms with Crippen molar-refractivity contribution in [3.05, 3.63) is 0 Å². The number of rotatable bonds is 6. The van der Waals surface area contributed by atoms with E-state index in [4.69, 9.17) is 0 Å². The zero-order valence-corrected chi connectivity index (χ0v) is 18.6. The van der Waals surface area contributed by atoms with Gasteiger partial charge in [-0.25, -0.2) is 0 Å². The minimum atomic E-state index is -0.0651. The van der Waals surface area contributed by atoms with Gasteiger partial charge in [0.25, 0.3) is 0 Å². The highest BCUT2D eigenvalue weighted by Crippen LogP contribution is 2.65. The summed E-state index contributed by atoms with van der Waals surface area (Å²) in [6.45, 7) is 7.19. The average Bonchev–Trinajstić information content (AvgIpc) is 3.08. The summed E-state index contributed by atoms with van der Waals surface area (Å²) in [4.78, 5) is 10.9. The predicted molar refractivity (Wildman–Crippen MR) is 115 cm³/mol. The Hall–Kier alpha value is -0.370. The predicted octanol–water partition coefficient (Wildman–Crippen LogP) is 6.26. The zero-order chi connectivity index (χ0) is 19.9. The lowest BCUT2D eigenvalue weighted by Crippen LogP contribution is -2.49. The molecule has 0 aromatic heterocycles. The van der Waals surface area contributed by atoms with E-state index in [-0.39, 0.29) is 6.10 Å². The molecule has 0 aromatic rings. The van der Waals surface area contributed by atoms with E-state index < -0.39 is 0 Å². The Balaban J connectivity index is 1.48. The van der Waals surface area contributed by atoms with Crippen molar-refractivity contribution in [2.75, 3.05) is 0 Å². The lowest BCUT2D eigenvalue weighted by Gasteiger charge is -2.57.